The minimum absolute atomic E-state index is 0.0124. The van der Waals surface area contributed by atoms with Crippen molar-refractivity contribution in [3.05, 3.63) is 69.3 Å². The summed E-state index contributed by atoms with van der Waals surface area (Å²) in [5, 5.41) is 19.2. The first-order valence-corrected chi connectivity index (χ1v) is 19.5. The zero-order valence-electron chi connectivity index (χ0n) is 29.4. The number of hydrogen-bond acceptors (Lipinski definition) is 8. The van der Waals surface area contributed by atoms with E-state index in [9.17, 15) is 19.8 Å². The van der Waals surface area contributed by atoms with Gasteiger partial charge in [0.15, 0.2) is 0 Å². The van der Waals surface area contributed by atoms with E-state index in [0.29, 0.717) is 25.9 Å². The average molecular weight is 717 g/mol. The molecule has 0 radical (unpaired) electrons. The molecule has 2 aliphatic rings. The normalized spacial score (nSPS) is 13.1. The molecule has 5 heterocycles. The fourth-order valence-electron chi connectivity index (χ4n) is 6.67. The van der Waals surface area contributed by atoms with E-state index in [1.54, 1.807) is 0 Å². The number of thioether (sulfide) groups is 2. The number of carboxylic acid groups (broad SMARTS) is 2. The van der Waals surface area contributed by atoms with Crippen molar-refractivity contribution in [2.45, 2.75) is 66.2 Å². The maximum Gasteiger partial charge on any atom is 0.303 e. The number of hydrogen-bond donors (Lipinski definition) is 6. The van der Waals surface area contributed by atoms with Gasteiger partial charge in [0.05, 0.1) is 22.8 Å². The summed E-state index contributed by atoms with van der Waals surface area (Å²) in [6, 6.07) is 8.26. The van der Waals surface area contributed by atoms with Crippen molar-refractivity contribution in [2.75, 3.05) is 36.1 Å². The molecule has 0 saturated carbocycles. The number of H-pyrrole nitrogens is 2. The Labute approximate surface area is 301 Å². The van der Waals surface area contributed by atoms with Gasteiger partial charge in [-0.05, 0) is 134 Å². The first kappa shape index (κ1) is 37.4. The predicted octanol–water partition coefficient (Wildman–Crippen LogP) is 6.99. The van der Waals surface area contributed by atoms with Gasteiger partial charge in [0.2, 0.25) is 0 Å². The van der Waals surface area contributed by atoms with Crippen LogP contribution in [0.15, 0.2) is 24.3 Å². The van der Waals surface area contributed by atoms with Crippen LogP contribution in [0.25, 0.3) is 44.4 Å². The Hall–Kier alpha value is -3.84. The number of aliphatic carboxylic acids is 2. The number of nitrogens with one attached hydrogen (secondary N) is 2. The molecule has 0 aliphatic carbocycles. The highest BCUT2D eigenvalue weighted by Crippen LogP contribution is 2.38. The van der Waals surface area contributed by atoms with E-state index in [0.717, 1.165) is 114 Å². The van der Waals surface area contributed by atoms with E-state index in [1.165, 1.54) is 11.1 Å². The van der Waals surface area contributed by atoms with Gasteiger partial charge in [-0.15, -0.1) is 0 Å². The molecule has 0 spiro atoms. The van der Waals surface area contributed by atoms with Gasteiger partial charge in [0, 0.05) is 59.5 Å². The Bertz CT molecular complexity index is 2010. The smallest absolute Gasteiger partial charge is 0.303 e. The quantitative estimate of drug-likeness (QED) is 0.0845. The van der Waals surface area contributed by atoms with E-state index in [-0.39, 0.29) is 12.8 Å². The molecule has 50 heavy (non-hydrogen) atoms. The Morgan fingerprint density at radius 1 is 0.600 bits per heavy atom. The molecule has 8 bridgehead atoms. The Balaban J connectivity index is 1.84. The van der Waals surface area contributed by atoms with E-state index in [4.69, 9.17) is 21.4 Å². The number of aromatic nitrogens is 4. The number of aromatic amines is 2. The lowest BCUT2D eigenvalue weighted by Gasteiger charge is -2.06. The minimum atomic E-state index is -0.866. The number of nitrogens with zero attached hydrogens (tertiary/aromatic N) is 2. The van der Waals surface area contributed by atoms with Crippen molar-refractivity contribution in [3.8, 4) is 0 Å². The number of rotatable bonds is 16. The number of aryl methyl sites for hydroxylation is 4. The van der Waals surface area contributed by atoms with Crippen LogP contribution in [0.4, 0.5) is 0 Å². The van der Waals surface area contributed by atoms with Crippen LogP contribution in [0.1, 0.15) is 84.6 Å². The summed E-state index contributed by atoms with van der Waals surface area (Å²) in [5.41, 5.74) is 26.8. The van der Waals surface area contributed by atoms with Crippen molar-refractivity contribution in [1.29, 1.82) is 0 Å². The number of carboxylic acids is 2. The first-order valence-electron chi connectivity index (χ1n) is 17.2. The van der Waals surface area contributed by atoms with E-state index >= 15 is 0 Å². The van der Waals surface area contributed by atoms with Gasteiger partial charge in [0.1, 0.15) is 0 Å². The molecule has 0 fully saturated rings. The van der Waals surface area contributed by atoms with Crippen LogP contribution in [0.3, 0.4) is 0 Å². The molecule has 3 aromatic rings. The van der Waals surface area contributed by atoms with Crippen LogP contribution in [-0.4, -0.2) is 78.2 Å². The number of fused-ring (bicyclic) bond motifs is 8. The third kappa shape index (κ3) is 8.54. The molecule has 0 aromatic carbocycles. The topological polar surface area (TPSA) is 184 Å². The van der Waals surface area contributed by atoms with Gasteiger partial charge in [-0.1, -0.05) is 0 Å². The zero-order chi connectivity index (χ0) is 35.9. The van der Waals surface area contributed by atoms with Crippen molar-refractivity contribution < 1.29 is 19.8 Å². The number of nitrogens with two attached hydrogens (primary N) is 2. The molecule has 3 aromatic heterocycles. The second-order valence-corrected chi connectivity index (χ2v) is 15.2. The van der Waals surface area contributed by atoms with Crippen LogP contribution >= 0.6 is 23.5 Å². The Kier molecular flexibility index (Phi) is 12.7. The summed E-state index contributed by atoms with van der Waals surface area (Å²) >= 11 is 3.66. The monoisotopic (exact) mass is 716 g/mol. The van der Waals surface area contributed by atoms with Gasteiger partial charge in [-0.25, -0.2) is 9.97 Å². The lowest BCUT2D eigenvalue weighted by molar-refractivity contribution is -0.138. The molecule has 5 rings (SSSR count). The van der Waals surface area contributed by atoms with Gasteiger partial charge in [0.25, 0.3) is 0 Å². The Morgan fingerprint density at radius 2 is 1.02 bits per heavy atom. The molecule has 0 amide bonds. The van der Waals surface area contributed by atoms with Crippen molar-refractivity contribution in [2.24, 2.45) is 11.5 Å². The fourth-order valence-corrected chi connectivity index (χ4v) is 8.11. The minimum Gasteiger partial charge on any atom is -0.481 e. The van der Waals surface area contributed by atoms with E-state index in [2.05, 4.69) is 42.0 Å². The van der Waals surface area contributed by atoms with Crippen LogP contribution in [0.5, 0.6) is 0 Å². The maximum absolute atomic E-state index is 11.7. The summed E-state index contributed by atoms with van der Waals surface area (Å²) < 4.78 is 0. The second kappa shape index (κ2) is 16.9. The molecule has 0 unspecified atom stereocenters. The summed E-state index contributed by atoms with van der Waals surface area (Å²) in [4.78, 5) is 41.0. The first-order chi connectivity index (χ1) is 24.0. The summed E-state index contributed by atoms with van der Waals surface area (Å²) in [5.74, 6) is 1.91. The SMILES string of the molecule is CC1=C(CCSCCN)c2cc3nc(cc4[nH]c(cc5[nH]c(cc1n2)c(C)c5CCC(=O)O)c(CCC(=O)O)c4C)C(CCSCCN)=C3C. The van der Waals surface area contributed by atoms with Crippen molar-refractivity contribution in [1.82, 2.24) is 19.9 Å². The molecule has 2 aliphatic heterocycles. The van der Waals surface area contributed by atoms with Crippen LogP contribution < -0.4 is 11.5 Å². The van der Waals surface area contributed by atoms with Crippen LogP contribution in [0, 0.1) is 13.8 Å². The summed E-state index contributed by atoms with van der Waals surface area (Å²) in [7, 11) is 0. The van der Waals surface area contributed by atoms with Crippen LogP contribution in [0.2, 0.25) is 0 Å². The van der Waals surface area contributed by atoms with Crippen LogP contribution in [-0.2, 0) is 22.4 Å². The standard InChI is InChI=1S/C38H48N6O4S2/c1-21-25(5-7-37(45)46)35-20-36-26(6-8-38(47)48)22(2)31(44-36)18-34-28(10-14-50-16-12-40)24(4)32(43-34)19-33-27(9-13-49-15-11-39)23(3)30(41-33)17-29(21)42-35/h17-20,42,44H,5-16,39-40H2,1-4H3,(H,45,46)(H,47,48). The molecule has 8 N–H and O–H groups in total. The molecule has 266 valence electrons. The number of allylic oxidation sites excluding steroid dienone is 4. The highest BCUT2D eigenvalue weighted by atomic mass is 32.2. The largest absolute Gasteiger partial charge is 0.481 e. The predicted molar refractivity (Wildman–Crippen MR) is 209 cm³/mol. The highest BCUT2D eigenvalue weighted by molar-refractivity contribution is 7.99. The summed E-state index contributed by atoms with van der Waals surface area (Å²) in [6.45, 7) is 9.55. The second-order valence-electron chi connectivity index (χ2n) is 12.8. The highest BCUT2D eigenvalue weighted by Gasteiger charge is 2.22. The van der Waals surface area contributed by atoms with E-state index in [1.807, 2.05) is 43.4 Å². The lowest BCUT2D eigenvalue weighted by Crippen LogP contribution is -2.02. The Morgan fingerprint density at radius 3 is 1.46 bits per heavy atom. The molecular formula is C38H48N6O4S2. The third-order valence-corrected chi connectivity index (χ3v) is 11.5. The molecule has 0 atom stereocenters. The molecule has 12 heteroatoms. The molecular weight excluding hydrogens is 669 g/mol. The van der Waals surface area contributed by atoms with Gasteiger partial charge in [-0.3, -0.25) is 9.59 Å². The molecule has 0 saturated heterocycles. The van der Waals surface area contributed by atoms with Crippen molar-refractivity contribution in [3.63, 3.8) is 0 Å². The van der Waals surface area contributed by atoms with E-state index < -0.39 is 11.9 Å². The van der Waals surface area contributed by atoms with Gasteiger partial charge >= 0.3 is 11.9 Å². The van der Waals surface area contributed by atoms with Crippen molar-refractivity contribution >= 4 is 79.8 Å². The van der Waals surface area contributed by atoms with Gasteiger partial charge < -0.3 is 31.6 Å². The van der Waals surface area contributed by atoms with Gasteiger partial charge in [-0.2, -0.15) is 23.5 Å². The number of carbonyl (C=O) groups is 2. The fraction of sp³-hybridized carbons (Fsp3) is 0.421. The zero-order valence-corrected chi connectivity index (χ0v) is 31.0. The maximum atomic E-state index is 11.7. The molecule has 10 nitrogen and oxygen atoms in total. The summed E-state index contributed by atoms with van der Waals surface area (Å²) in [6.07, 6.45) is 2.35. The lowest BCUT2D eigenvalue weighted by atomic mass is 10.0. The third-order valence-electron chi connectivity index (χ3n) is 9.50. The average Bonchev–Trinajstić information content (AvgIpc) is 3.73.